The highest BCUT2D eigenvalue weighted by Gasteiger charge is 2.34. The van der Waals surface area contributed by atoms with E-state index >= 15 is 0 Å². The van der Waals surface area contributed by atoms with Gasteiger partial charge in [-0.1, -0.05) is 36.5 Å². The minimum atomic E-state index is -0.337. The molecule has 0 bridgehead atoms. The molecule has 30 heavy (non-hydrogen) atoms. The van der Waals surface area contributed by atoms with Gasteiger partial charge in [-0.3, -0.25) is 4.79 Å². The van der Waals surface area contributed by atoms with E-state index in [2.05, 4.69) is 12.2 Å². The number of carbonyl (C=O) groups is 2. The summed E-state index contributed by atoms with van der Waals surface area (Å²) in [6, 6.07) is 8.82. The van der Waals surface area contributed by atoms with E-state index in [-0.39, 0.29) is 24.5 Å². The van der Waals surface area contributed by atoms with Crippen molar-refractivity contribution < 1.29 is 9.59 Å². The highest BCUT2D eigenvalue weighted by Crippen LogP contribution is 2.29. The number of halogens is 2. The molecule has 162 valence electrons. The van der Waals surface area contributed by atoms with Gasteiger partial charge in [0.1, 0.15) is 6.54 Å². The summed E-state index contributed by atoms with van der Waals surface area (Å²) in [5.41, 5.74) is 1.55. The van der Waals surface area contributed by atoms with Crippen LogP contribution in [0.2, 0.25) is 10.0 Å². The molecular formula is C22H28Cl2N4O2. The van der Waals surface area contributed by atoms with Crippen molar-refractivity contribution in [2.75, 3.05) is 18.4 Å². The van der Waals surface area contributed by atoms with Crippen molar-refractivity contribution in [2.24, 2.45) is 7.05 Å². The Bertz CT molecular complexity index is 895. The van der Waals surface area contributed by atoms with Crippen LogP contribution < -0.4 is 5.32 Å². The van der Waals surface area contributed by atoms with E-state index in [4.69, 9.17) is 23.2 Å². The summed E-state index contributed by atoms with van der Waals surface area (Å²) in [5, 5.41) is 3.67. The number of benzene rings is 1. The Morgan fingerprint density at radius 3 is 2.60 bits per heavy atom. The van der Waals surface area contributed by atoms with Gasteiger partial charge >= 0.3 is 6.03 Å². The third kappa shape index (κ3) is 5.92. The highest BCUT2D eigenvalue weighted by molar-refractivity contribution is 6.36. The molecule has 0 saturated heterocycles. The predicted molar refractivity (Wildman–Crippen MR) is 121 cm³/mol. The molecule has 6 nitrogen and oxygen atoms in total. The third-order valence-corrected chi connectivity index (χ3v) is 5.81. The minimum absolute atomic E-state index is 0.0350. The number of unbranched alkanes of at least 4 members (excludes halogenated alkanes) is 1. The number of nitrogens with zero attached hydrogens (tertiary/aromatic N) is 3. The SMILES string of the molecule is CCCCN(CC(=O)N(Cc1cccn1C)C1CC1)C(=O)Nc1ccc(Cl)cc1Cl. The fourth-order valence-electron chi connectivity index (χ4n) is 3.28. The first-order valence-corrected chi connectivity index (χ1v) is 11.0. The molecule has 2 aromatic rings. The van der Waals surface area contributed by atoms with Gasteiger partial charge in [0.15, 0.2) is 0 Å². The van der Waals surface area contributed by atoms with Crippen molar-refractivity contribution in [3.05, 3.63) is 52.3 Å². The molecule has 8 heteroatoms. The topological polar surface area (TPSA) is 57.6 Å². The number of aromatic nitrogens is 1. The molecule has 3 rings (SSSR count). The van der Waals surface area contributed by atoms with Gasteiger partial charge < -0.3 is 19.7 Å². The Kier molecular flexibility index (Phi) is 7.67. The summed E-state index contributed by atoms with van der Waals surface area (Å²) in [4.78, 5) is 29.5. The van der Waals surface area contributed by atoms with E-state index < -0.39 is 0 Å². The fourth-order valence-corrected chi connectivity index (χ4v) is 3.74. The largest absolute Gasteiger partial charge is 0.353 e. The number of aryl methyl sites for hydroxylation is 1. The molecule has 0 aliphatic heterocycles. The van der Waals surface area contributed by atoms with E-state index in [1.807, 2.05) is 34.8 Å². The molecule has 1 aliphatic carbocycles. The number of hydrogen-bond acceptors (Lipinski definition) is 2. The van der Waals surface area contributed by atoms with Gasteiger partial charge in [-0.05, 0) is 49.6 Å². The van der Waals surface area contributed by atoms with Crippen LogP contribution in [0.1, 0.15) is 38.3 Å². The lowest BCUT2D eigenvalue weighted by Gasteiger charge is -2.28. The van der Waals surface area contributed by atoms with Gasteiger partial charge in [-0.15, -0.1) is 0 Å². The lowest BCUT2D eigenvalue weighted by atomic mass is 10.3. The lowest BCUT2D eigenvalue weighted by Crippen LogP contribution is -2.45. The first-order chi connectivity index (χ1) is 14.4. The van der Waals surface area contributed by atoms with E-state index in [0.717, 1.165) is 31.4 Å². The number of nitrogens with one attached hydrogen (secondary N) is 1. The van der Waals surface area contributed by atoms with Crippen LogP contribution in [0, 0.1) is 0 Å². The molecule has 1 aromatic heterocycles. The Hall–Kier alpha value is -2.18. The van der Waals surface area contributed by atoms with Crippen LogP contribution in [0.5, 0.6) is 0 Å². The van der Waals surface area contributed by atoms with Crippen molar-refractivity contribution >= 4 is 40.8 Å². The molecule has 1 heterocycles. The van der Waals surface area contributed by atoms with Crippen LogP contribution >= 0.6 is 23.2 Å². The molecule has 3 amide bonds. The second-order valence-electron chi connectivity index (χ2n) is 7.69. The van der Waals surface area contributed by atoms with Crippen molar-refractivity contribution in [1.29, 1.82) is 0 Å². The van der Waals surface area contributed by atoms with Gasteiger partial charge in [0.25, 0.3) is 0 Å². The summed E-state index contributed by atoms with van der Waals surface area (Å²) in [6.45, 7) is 3.15. The molecule has 0 spiro atoms. The standard InChI is InChI=1S/C22H28Cl2N4O2/c1-3-4-12-27(22(30)25-20-10-7-16(23)13-19(20)24)15-21(29)28(17-8-9-17)14-18-6-5-11-26(18)2/h5-7,10-11,13,17H,3-4,8-9,12,14-15H2,1-2H3,(H,25,30). The van der Waals surface area contributed by atoms with Crippen molar-refractivity contribution in [3.8, 4) is 0 Å². The van der Waals surface area contributed by atoms with E-state index in [1.165, 1.54) is 0 Å². The third-order valence-electron chi connectivity index (χ3n) is 5.26. The van der Waals surface area contributed by atoms with Crippen molar-refractivity contribution in [3.63, 3.8) is 0 Å². The van der Waals surface area contributed by atoms with Gasteiger partial charge in [0.2, 0.25) is 5.91 Å². The van der Waals surface area contributed by atoms with Gasteiger partial charge in [-0.25, -0.2) is 4.79 Å². The summed E-state index contributed by atoms with van der Waals surface area (Å²) < 4.78 is 2.02. The zero-order valence-corrected chi connectivity index (χ0v) is 18.9. The average Bonchev–Trinajstić information content (AvgIpc) is 3.47. The minimum Gasteiger partial charge on any atom is -0.353 e. The number of hydrogen-bond donors (Lipinski definition) is 1. The van der Waals surface area contributed by atoms with Crippen LogP contribution in [-0.4, -0.2) is 45.4 Å². The quantitative estimate of drug-likeness (QED) is 0.573. The van der Waals surface area contributed by atoms with Gasteiger partial charge in [0.05, 0.1) is 17.3 Å². The number of anilines is 1. The molecule has 1 aliphatic rings. The van der Waals surface area contributed by atoms with Gasteiger partial charge in [-0.2, -0.15) is 0 Å². The number of rotatable bonds is 9. The Balaban J connectivity index is 1.69. The number of urea groups is 1. The Morgan fingerprint density at radius 2 is 2.00 bits per heavy atom. The molecule has 1 N–H and O–H groups in total. The first-order valence-electron chi connectivity index (χ1n) is 10.3. The number of carbonyl (C=O) groups excluding carboxylic acids is 2. The van der Waals surface area contributed by atoms with E-state index in [0.29, 0.717) is 28.8 Å². The summed E-state index contributed by atoms with van der Waals surface area (Å²) >= 11 is 12.1. The van der Waals surface area contributed by atoms with Crippen molar-refractivity contribution in [2.45, 2.75) is 45.2 Å². The summed E-state index contributed by atoms with van der Waals surface area (Å²) in [6.07, 6.45) is 5.74. The van der Waals surface area contributed by atoms with Crippen LogP contribution in [0.3, 0.4) is 0 Å². The zero-order valence-electron chi connectivity index (χ0n) is 17.4. The molecule has 1 fully saturated rings. The summed E-state index contributed by atoms with van der Waals surface area (Å²) in [7, 11) is 1.97. The van der Waals surface area contributed by atoms with Gasteiger partial charge in [0, 0.05) is 36.5 Å². The monoisotopic (exact) mass is 450 g/mol. The maximum Gasteiger partial charge on any atom is 0.322 e. The second kappa shape index (κ2) is 10.2. The zero-order chi connectivity index (χ0) is 21.7. The van der Waals surface area contributed by atoms with Crippen LogP contribution in [0.25, 0.3) is 0 Å². The van der Waals surface area contributed by atoms with Crippen LogP contribution in [0.15, 0.2) is 36.5 Å². The fraction of sp³-hybridized carbons (Fsp3) is 0.455. The van der Waals surface area contributed by atoms with Crippen molar-refractivity contribution in [1.82, 2.24) is 14.4 Å². The first kappa shape index (κ1) is 22.5. The smallest absolute Gasteiger partial charge is 0.322 e. The maximum absolute atomic E-state index is 13.2. The predicted octanol–water partition coefficient (Wildman–Crippen LogP) is 5.16. The van der Waals surface area contributed by atoms with Crippen LogP contribution in [0.4, 0.5) is 10.5 Å². The van der Waals surface area contributed by atoms with Crippen LogP contribution in [-0.2, 0) is 18.4 Å². The lowest BCUT2D eigenvalue weighted by molar-refractivity contribution is -0.133. The molecular weight excluding hydrogens is 423 g/mol. The normalized spacial score (nSPS) is 13.2. The average molecular weight is 451 g/mol. The molecule has 0 radical (unpaired) electrons. The van der Waals surface area contributed by atoms with E-state index in [9.17, 15) is 9.59 Å². The number of amides is 3. The Morgan fingerprint density at radius 1 is 1.23 bits per heavy atom. The molecule has 1 saturated carbocycles. The Labute approximate surface area is 187 Å². The molecule has 0 atom stereocenters. The highest BCUT2D eigenvalue weighted by atomic mass is 35.5. The second-order valence-corrected chi connectivity index (χ2v) is 8.54. The summed E-state index contributed by atoms with van der Waals surface area (Å²) in [5.74, 6) is -0.0350. The van der Waals surface area contributed by atoms with E-state index in [1.54, 1.807) is 23.1 Å². The molecule has 1 aromatic carbocycles. The maximum atomic E-state index is 13.2. The molecule has 0 unspecified atom stereocenters.